The Morgan fingerprint density at radius 1 is 1.15 bits per heavy atom. The molecule has 2 rings (SSSR count). The average Bonchev–Trinajstić information content (AvgIpc) is 2.41. The first kappa shape index (κ1) is 9.16. The van der Waals surface area contributed by atoms with Gasteiger partial charge in [-0.05, 0) is 27.1 Å². The van der Waals surface area contributed by atoms with Crippen molar-refractivity contribution in [1.82, 2.24) is 0 Å². The third kappa shape index (κ3) is 1.30. The summed E-state index contributed by atoms with van der Waals surface area (Å²) in [6, 6.07) is 7.65. The quantitative estimate of drug-likeness (QED) is 0.727. The van der Waals surface area contributed by atoms with E-state index in [1.807, 2.05) is 24.3 Å². The molecule has 1 nitrogen and oxygen atoms in total. The molecule has 0 N–H and O–H groups in total. The number of allylic oxidation sites excluding steroid dienone is 2. The molecule has 0 saturated heterocycles. The fraction of sp³-hybridized carbons (Fsp3) is 0.100. The van der Waals surface area contributed by atoms with Gasteiger partial charge in [-0.2, -0.15) is 0 Å². The molecule has 0 saturated carbocycles. The summed E-state index contributed by atoms with van der Waals surface area (Å²) in [5.41, 5.74) is 2.88. The van der Waals surface area contributed by atoms with Crippen LogP contribution in [0.3, 0.4) is 0 Å². The van der Waals surface area contributed by atoms with Crippen LogP contribution < -0.4 is 0 Å². The van der Waals surface area contributed by atoms with Crippen LogP contribution in [0, 0.1) is 0 Å². The van der Waals surface area contributed by atoms with Gasteiger partial charge in [-0.25, -0.2) is 0 Å². The van der Waals surface area contributed by atoms with Gasteiger partial charge in [-0.3, -0.25) is 4.79 Å². The van der Waals surface area contributed by atoms with Gasteiger partial charge in [0.05, 0.1) is 4.48 Å². The molecule has 1 aromatic carbocycles. The second-order valence-corrected chi connectivity index (χ2v) is 4.15. The minimum Gasteiger partial charge on any atom is -0.288 e. The largest absolute Gasteiger partial charge is 0.288 e. The highest BCUT2D eigenvalue weighted by Gasteiger charge is 2.26. The Morgan fingerprint density at radius 2 is 1.77 bits per heavy atom. The summed E-state index contributed by atoms with van der Waals surface area (Å²) in [4.78, 5) is 11.6. The standard InChI is InChI=1S/C10H6Br2O/c11-5-8-6-3-1-2-4-7(6)10(13)9(8)12/h1-4H,5H2. The van der Waals surface area contributed by atoms with Crippen LogP contribution in [-0.2, 0) is 0 Å². The lowest BCUT2D eigenvalue weighted by Crippen LogP contribution is -1.92. The number of benzene rings is 1. The molecule has 1 aliphatic carbocycles. The van der Waals surface area contributed by atoms with Gasteiger partial charge in [0.1, 0.15) is 0 Å². The van der Waals surface area contributed by atoms with Gasteiger partial charge in [-0.1, -0.05) is 40.2 Å². The monoisotopic (exact) mass is 300 g/mol. The molecule has 0 amide bonds. The molecule has 0 radical (unpaired) electrons. The normalized spacial score (nSPS) is 15.1. The van der Waals surface area contributed by atoms with Gasteiger partial charge in [-0.15, -0.1) is 0 Å². The van der Waals surface area contributed by atoms with Crippen molar-refractivity contribution < 1.29 is 4.79 Å². The second-order valence-electron chi connectivity index (χ2n) is 2.80. The fourth-order valence-electron chi connectivity index (χ4n) is 1.45. The van der Waals surface area contributed by atoms with Crippen molar-refractivity contribution in [2.24, 2.45) is 0 Å². The summed E-state index contributed by atoms with van der Waals surface area (Å²) < 4.78 is 0.686. The molecule has 0 aromatic heterocycles. The third-order valence-electron chi connectivity index (χ3n) is 2.09. The average molecular weight is 302 g/mol. The van der Waals surface area contributed by atoms with Gasteiger partial charge < -0.3 is 0 Å². The van der Waals surface area contributed by atoms with Gasteiger partial charge >= 0.3 is 0 Å². The fourth-order valence-corrected chi connectivity index (χ4v) is 2.97. The molecule has 0 fully saturated rings. The Bertz CT molecular complexity index is 407. The topological polar surface area (TPSA) is 17.1 Å². The van der Waals surface area contributed by atoms with Crippen molar-refractivity contribution in [3.8, 4) is 0 Å². The van der Waals surface area contributed by atoms with Crippen molar-refractivity contribution in [3.05, 3.63) is 39.9 Å². The molecular formula is C10H6Br2O. The van der Waals surface area contributed by atoms with Crippen molar-refractivity contribution in [1.29, 1.82) is 0 Å². The van der Waals surface area contributed by atoms with E-state index in [-0.39, 0.29) is 5.78 Å². The maximum atomic E-state index is 11.6. The summed E-state index contributed by atoms with van der Waals surface area (Å²) in [7, 11) is 0. The maximum Gasteiger partial charge on any atom is 0.200 e. The molecular weight excluding hydrogens is 296 g/mol. The molecule has 0 unspecified atom stereocenters. The number of rotatable bonds is 1. The first-order valence-corrected chi connectivity index (χ1v) is 5.76. The SMILES string of the molecule is O=C1C(Br)=C(CBr)c2ccccc21. The van der Waals surface area contributed by atoms with E-state index >= 15 is 0 Å². The highest BCUT2D eigenvalue weighted by Crippen LogP contribution is 2.36. The lowest BCUT2D eigenvalue weighted by molar-refractivity contribution is 0.104. The third-order valence-corrected chi connectivity index (χ3v) is 3.49. The Labute approximate surface area is 93.1 Å². The van der Waals surface area contributed by atoms with E-state index < -0.39 is 0 Å². The van der Waals surface area contributed by atoms with Crippen molar-refractivity contribution >= 4 is 43.2 Å². The van der Waals surface area contributed by atoms with E-state index in [9.17, 15) is 4.79 Å². The van der Waals surface area contributed by atoms with E-state index in [0.29, 0.717) is 9.81 Å². The van der Waals surface area contributed by atoms with Crippen molar-refractivity contribution in [2.45, 2.75) is 0 Å². The molecule has 0 heterocycles. The predicted octanol–water partition coefficient (Wildman–Crippen LogP) is 3.38. The Kier molecular flexibility index (Phi) is 2.39. The molecule has 0 aliphatic heterocycles. The molecule has 0 bridgehead atoms. The van der Waals surface area contributed by atoms with Crippen LogP contribution in [0.15, 0.2) is 28.7 Å². The lowest BCUT2D eigenvalue weighted by Gasteiger charge is -1.98. The lowest BCUT2D eigenvalue weighted by atomic mass is 10.1. The van der Waals surface area contributed by atoms with E-state index in [2.05, 4.69) is 31.9 Å². The van der Waals surface area contributed by atoms with Gasteiger partial charge in [0.2, 0.25) is 5.78 Å². The van der Waals surface area contributed by atoms with Crippen LogP contribution in [0.5, 0.6) is 0 Å². The summed E-state index contributed by atoms with van der Waals surface area (Å²) in [5.74, 6) is 0.0880. The Morgan fingerprint density at radius 3 is 2.38 bits per heavy atom. The van der Waals surface area contributed by atoms with Crippen molar-refractivity contribution in [2.75, 3.05) is 5.33 Å². The first-order chi connectivity index (χ1) is 6.25. The number of Topliss-reactive ketones (excluding diaryl/α,β-unsaturated/α-hetero) is 1. The summed E-state index contributed by atoms with van der Waals surface area (Å²) in [6.45, 7) is 0. The number of alkyl halides is 1. The molecule has 0 spiro atoms. The number of carbonyl (C=O) groups excluding carboxylic acids is 1. The highest BCUT2D eigenvalue weighted by molar-refractivity contribution is 9.12. The van der Waals surface area contributed by atoms with Crippen LogP contribution in [0.4, 0.5) is 0 Å². The van der Waals surface area contributed by atoms with E-state index in [1.54, 1.807) is 0 Å². The zero-order valence-electron chi connectivity index (χ0n) is 6.68. The maximum absolute atomic E-state index is 11.6. The Balaban J connectivity index is 2.67. The smallest absolute Gasteiger partial charge is 0.200 e. The van der Waals surface area contributed by atoms with E-state index in [0.717, 1.165) is 16.7 Å². The zero-order valence-corrected chi connectivity index (χ0v) is 9.85. The predicted molar refractivity (Wildman–Crippen MR) is 60.4 cm³/mol. The number of hydrogen-bond acceptors (Lipinski definition) is 1. The molecule has 0 atom stereocenters. The number of carbonyl (C=O) groups is 1. The van der Waals surface area contributed by atoms with E-state index in [1.165, 1.54) is 0 Å². The van der Waals surface area contributed by atoms with Crippen LogP contribution in [0.1, 0.15) is 15.9 Å². The van der Waals surface area contributed by atoms with E-state index in [4.69, 9.17) is 0 Å². The van der Waals surface area contributed by atoms with Crippen LogP contribution in [0.25, 0.3) is 5.57 Å². The van der Waals surface area contributed by atoms with Gasteiger partial charge in [0, 0.05) is 10.9 Å². The molecule has 1 aliphatic rings. The minimum absolute atomic E-state index is 0.0880. The number of halogens is 2. The second kappa shape index (κ2) is 3.39. The number of fused-ring (bicyclic) bond motifs is 1. The van der Waals surface area contributed by atoms with Crippen LogP contribution >= 0.6 is 31.9 Å². The number of ketones is 1. The zero-order chi connectivity index (χ0) is 9.42. The Hall–Kier alpha value is -0.410. The van der Waals surface area contributed by atoms with Gasteiger partial charge in [0.25, 0.3) is 0 Å². The minimum atomic E-state index is 0.0880. The molecule has 66 valence electrons. The highest BCUT2D eigenvalue weighted by atomic mass is 79.9. The first-order valence-electron chi connectivity index (χ1n) is 3.84. The van der Waals surface area contributed by atoms with Crippen LogP contribution in [0.2, 0.25) is 0 Å². The molecule has 1 aromatic rings. The van der Waals surface area contributed by atoms with Gasteiger partial charge in [0.15, 0.2) is 0 Å². The summed E-state index contributed by atoms with van der Waals surface area (Å²) >= 11 is 6.69. The summed E-state index contributed by atoms with van der Waals surface area (Å²) in [5, 5.41) is 0.705. The van der Waals surface area contributed by atoms with Crippen molar-refractivity contribution in [3.63, 3.8) is 0 Å². The summed E-state index contributed by atoms with van der Waals surface area (Å²) in [6.07, 6.45) is 0. The molecule has 3 heteroatoms. The van der Waals surface area contributed by atoms with Crippen LogP contribution in [-0.4, -0.2) is 11.1 Å². The number of hydrogen-bond donors (Lipinski definition) is 0. The molecule has 13 heavy (non-hydrogen) atoms.